The standard InChI is InChI=1S/C22H21N3O2S/c1-14-5-6-15(2)20-19(14)24-22(28-20)25(13-18-4-3-11-27-18)21(26)17-9-7-16(12-23)8-10-17/h5-10,18H,3-4,11,13H2,1-2H3. The molecule has 5 nitrogen and oxygen atoms in total. The Bertz CT molecular complexity index is 1020. The number of nitriles is 1. The van der Waals surface area contributed by atoms with Gasteiger partial charge in [0.05, 0.1) is 34.5 Å². The number of nitrogens with zero attached hydrogens (tertiary/aromatic N) is 3. The third-order valence-corrected chi connectivity index (χ3v) is 6.29. The van der Waals surface area contributed by atoms with Crippen molar-refractivity contribution in [3.8, 4) is 6.07 Å². The van der Waals surface area contributed by atoms with Crippen LogP contribution in [0.3, 0.4) is 0 Å². The first-order valence-corrected chi connectivity index (χ1v) is 10.2. The Labute approximate surface area is 168 Å². The number of aromatic nitrogens is 1. The highest BCUT2D eigenvalue weighted by molar-refractivity contribution is 7.22. The lowest BCUT2D eigenvalue weighted by Gasteiger charge is -2.23. The van der Waals surface area contributed by atoms with Crippen LogP contribution in [0.4, 0.5) is 5.13 Å². The van der Waals surface area contributed by atoms with Crippen molar-refractivity contribution < 1.29 is 9.53 Å². The summed E-state index contributed by atoms with van der Waals surface area (Å²) in [5.74, 6) is -0.116. The van der Waals surface area contributed by atoms with Gasteiger partial charge in [-0.3, -0.25) is 9.69 Å². The SMILES string of the molecule is Cc1ccc(C)c2sc(N(CC3CCCO3)C(=O)c3ccc(C#N)cc3)nc12. The topological polar surface area (TPSA) is 66.2 Å². The van der Waals surface area contributed by atoms with E-state index < -0.39 is 0 Å². The van der Waals surface area contributed by atoms with E-state index in [-0.39, 0.29) is 12.0 Å². The van der Waals surface area contributed by atoms with Gasteiger partial charge in [-0.1, -0.05) is 23.5 Å². The number of ether oxygens (including phenoxy) is 1. The Morgan fingerprint density at radius 3 is 2.64 bits per heavy atom. The summed E-state index contributed by atoms with van der Waals surface area (Å²) in [4.78, 5) is 19.9. The Morgan fingerprint density at radius 1 is 1.25 bits per heavy atom. The zero-order valence-electron chi connectivity index (χ0n) is 15.9. The van der Waals surface area contributed by atoms with E-state index in [4.69, 9.17) is 15.0 Å². The van der Waals surface area contributed by atoms with Gasteiger partial charge in [-0.15, -0.1) is 0 Å². The van der Waals surface area contributed by atoms with E-state index in [2.05, 4.69) is 25.1 Å². The van der Waals surface area contributed by atoms with E-state index in [0.29, 0.717) is 22.8 Å². The zero-order chi connectivity index (χ0) is 19.7. The lowest BCUT2D eigenvalue weighted by atomic mass is 10.1. The molecule has 2 heterocycles. The molecule has 142 valence electrons. The molecule has 0 aliphatic carbocycles. The van der Waals surface area contributed by atoms with Gasteiger partial charge in [0.25, 0.3) is 5.91 Å². The minimum absolute atomic E-state index is 0.0246. The van der Waals surface area contributed by atoms with Gasteiger partial charge in [-0.05, 0) is 62.1 Å². The number of fused-ring (bicyclic) bond motifs is 1. The third-order valence-electron chi connectivity index (χ3n) is 5.08. The Balaban J connectivity index is 1.74. The minimum Gasteiger partial charge on any atom is -0.376 e. The van der Waals surface area contributed by atoms with E-state index in [9.17, 15) is 4.79 Å². The maximum absolute atomic E-state index is 13.3. The molecule has 1 unspecified atom stereocenters. The average molecular weight is 391 g/mol. The quantitative estimate of drug-likeness (QED) is 0.651. The second-order valence-corrected chi connectivity index (χ2v) is 8.09. The number of aryl methyl sites for hydroxylation is 2. The number of carbonyl (C=O) groups is 1. The molecule has 1 saturated heterocycles. The molecule has 0 spiro atoms. The van der Waals surface area contributed by atoms with Crippen LogP contribution in [-0.2, 0) is 4.74 Å². The second kappa shape index (κ2) is 7.70. The molecule has 0 bridgehead atoms. The highest BCUT2D eigenvalue weighted by Crippen LogP contribution is 2.34. The van der Waals surface area contributed by atoms with Crippen LogP contribution in [-0.4, -0.2) is 30.1 Å². The van der Waals surface area contributed by atoms with Gasteiger partial charge in [0, 0.05) is 12.2 Å². The van der Waals surface area contributed by atoms with Gasteiger partial charge in [-0.2, -0.15) is 5.26 Å². The maximum Gasteiger partial charge on any atom is 0.260 e. The van der Waals surface area contributed by atoms with Crippen LogP contribution >= 0.6 is 11.3 Å². The first kappa shape index (κ1) is 18.6. The number of thiazole rings is 1. The van der Waals surface area contributed by atoms with Crippen molar-refractivity contribution in [3.05, 3.63) is 58.7 Å². The minimum atomic E-state index is -0.116. The number of anilines is 1. The van der Waals surface area contributed by atoms with Gasteiger partial charge >= 0.3 is 0 Å². The Kier molecular flexibility index (Phi) is 5.12. The van der Waals surface area contributed by atoms with Crippen LogP contribution in [0.1, 0.15) is 39.9 Å². The summed E-state index contributed by atoms with van der Waals surface area (Å²) in [6.45, 7) is 5.33. The molecule has 28 heavy (non-hydrogen) atoms. The molecule has 0 N–H and O–H groups in total. The van der Waals surface area contributed by atoms with E-state index in [1.165, 1.54) is 0 Å². The fourth-order valence-electron chi connectivity index (χ4n) is 3.45. The summed E-state index contributed by atoms with van der Waals surface area (Å²) < 4.78 is 6.90. The Hall–Kier alpha value is -2.75. The predicted molar refractivity (Wildman–Crippen MR) is 111 cm³/mol. The summed E-state index contributed by atoms with van der Waals surface area (Å²) in [7, 11) is 0. The molecular weight excluding hydrogens is 370 g/mol. The molecule has 1 aliphatic heterocycles. The first-order chi connectivity index (χ1) is 13.6. The maximum atomic E-state index is 13.3. The molecule has 1 aromatic heterocycles. The third kappa shape index (κ3) is 3.51. The summed E-state index contributed by atoms with van der Waals surface area (Å²) in [5, 5.41) is 9.70. The van der Waals surface area contributed by atoms with E-state index >= 15 is 0 Å². The van der Waals surface area contributed by atoms with Crippen molar-refractivity contribution in [2.75, 3.05) is 18.1 Å². The van der Waals surface area contributed by atoms with Crippen LogP contribution in [0.2, 0.25) is 0 Å². The van der Waals surface area contributed by atoms with Crippen LogP contribution in [0, 0.1) is 25.2 Å². The lowest BCUT2D eigenvalue weighted by molar-refractivity contribution is 0.0917. The van der Waals surface area contributed by atoms with E-state index in [1.807, 2.05) is 6.92 Å². The molecule has 2 aromatic carbocycles. The predicted octanol–water partition coefficient (Wildman–Crippen LogP) is 4.61. The number of hydrogen-bond acceptors (Lipinski definition) is 5. The molecule has 1 amide bonds. The Morgan fingerprint density at radius 2 is 2.00 bits per heavy atom. The van der Waals surface area contributed by atoms with Crippen LogP contribution in [0.25, 0.3) is 10.2 Å². The molecule has 4 rings (SSSR count). The van der Waals surface area contributed by atoms with Gasteiger partial charge in [0.2, 0.25) is 0 Å². The zero-order valence-corrected chi connectivity index (χ0v) is 16.8. The summed E-state index contributed by atoms with van der Waals surface area (Å²) >= 11 is 1.55. The van der Waals surface area contributed by atoms with Crippen molar-refractivity contribution in [2.24, 2.45) is 0 Å². The molecule has 6 heteroatoms. The monoisotopic (exact) mass is 391 g/mol. The van der Waals surface area contributed by atoms with Crippen molar-refractivity contribution in [1.82, 2.24) is 4.98 Å². The number of benzene rings is 2. The smallest absolute Gasteiger partial charge is 0.260 e. The number of hydrogen-bond donors (Lipinski definition) is 0. The normalized spacial score (nSPS) is 16.2. The molecule has 1 atom stereocenters. The van der Waals surface area contributed by atoms with Crippen molar-refractivity contribution in [3.63, 3.8) is 0 Å². The molecule has 1 aliphatic rings. The lowest BCUT2D eigenvalue weighted by Crippen LogP contribution is -2.37. The number of amides is 1. The number of carbonyl (C=O) groups excluding carboxylic acids is 1. The molecule has 3 aromatic rings. The largest absolute Gasteiger partial charge is 0.376 e. The first-order valence-electron chi connectivity index (χ1n) is 9.37. The van der Waals surface area contributed by atoms with E-state index in [0.717, 1.165) is 40.8 Å². The van der Waals surface area contributed by atoms with Crippen molar-refractivity contribution in [2.45, 2.75) is 32.8 Å². The molecular formula is C22H21N3O2S. The number of rotatable bonds is 4. The molecule has 1 fully saturated rings. The summed E-state index contributed by atoms with van der Waals surface area (Å²) in [5.41, 5.74) is 4.29. The van der Waals surface area contributed by atoms with Gasteiger partial charge < -0.3 is 4.74 Å². The van der Waals surface area contributed by atoms with Gasteiger partial charge in [0.15, 0.2) is 5.13 Å². The van der Waals surface area contributed by atoms with E-state index in [1.54, 1.807) is 40.5 Å². The van der Waals surface area contributed by atoms with Crippen LogP contribution in [0.5, 0.6) is 0 Å². The highest BCUT2D eigenvalue weighted by Gasteiger charge is 2.27. The van der Waals surface area contributed by atoms with Crippen molar-refractivity contribution in [1.29, 1.82) is 5.26 Å². The fraction of sp³-hybridized carbons (Fsp3) is 0.318. The fourth-order valence-corrected chi connectivity index (χ4v) is 4.57. The van der Waals surface area contributed by atoms with Gasteiger partial charge in [0.1, 0.15) is 0 Å². The van der Waals surface area contributed by atoms with Crippen molar-refractivity contribution >= 4 is 32.6 Å². The summed E-state index contributed by atoms with van der Waals surface area (Å²) in [6, 6.07) is 13.0. The average Bonchev–Trinajstić information content (AvgIpc) is 3.39. The van der Waals surface area contributed by atoms with Crippen LogP contribution < -0.4 is 4.90 Å². The molecule has 0 saturated carbocycles. The van der Waals surface area contributed by atoms with Gasteiger partial charge in [-0.25, -0.2) is 4.98 Å². The second-order valence-electron chi connectivity index (χ2n) is 7.11. The highest BCUT2D eigenvalue weighted by atomic mass is 32.1. The molecule has 0 radical (unpaired) electrons. The summed E-state index contributed by atoms with van der Waals surface area (Å²) in [6.07, 6.45) is 1.98. The van der Waals surface area contributed by atoms with Crippen LogP contribution in [0.15, 0.2) is 36.4 Å².